The van der Waals surface area contributed by atoms with Crippen molar-refractivity contribution in [2.45, 2.75) is 33.1 Å². The van der Waals surface area contributed by atoms with Gasteiger partial charge < -0.3 is 4.74 Å². The summed E-state index contributed by atoms with van der Waals surface area (Å²) in [5.74, 6) is 1.43. The van der Waals surface area contributed by atoms with Crippen molar-refractivity contribution in [2.75, 3.05) is 6.61 Å². The van der Waals surface area contributed by atoms with Gasteiger partial charge >= 0.3 is 0 Å². The Balaban J connectivity index is 1.70. The minimum atomic E-state index is 0.410. The molecule has 0 aliphatic rings. The van der Waals surface area contributed by atoms with Crippen LogP contribution >= 0.6 is 12.2 Å². The molecule has 136 valence electrons. The molecule has 0 radical (unpaired) electrons. The Hall–Kier alpha value is -2.74. The van der Waals surface area contributed by atoms with Crippen LogP contribution in [0.3, 0.4) is 0 Å². The highest BCUT2D eigenvalue weighted by Crippen LogP contribution is 2.16. The van der Waals surface area contributed by atoms with Crippen LogP contribution in [0.1, 0.15) is 37.4 Å². The highest BCUT2D eigenvalue weighted by molar-refractivity contribution is 7.71. The predicted molar refractivity (Wildman–Crippen MR) is 104 cm³/mol. The quantitative estimate of drug-likeness (QED) is 0.355. The second-order valence-corrected chi connectivity index (χ2v) is 6.36. The zero-order chi connectivity index (χ0) is 18.4. The lowest BCUT2D eigenvalue weighted by molar-refractivity contribution is 0.306. The van der Waals surface area contributed by atoms with E-state index in [0.29, 0.717) is 16.3 Å². The third-order valence-corrected chi connectivity index (χ3v) is 4.07. The monoisotopic (exact) mass is 370 g/mol. The Labute approximate surface area is 157 Å². The molecule has 0 atom stereocenters. The number of ether oxygens (including phenoxy) is 1. The second-order valence-electron chi connectivity index (χ2n) is 5.97. The van der Waals surface area contributed by atoms with Gasteiger partial charge in [0.2, 0.25) is 10.6 Å². The van der Waals surface area contributed by atoms with E-state index >= 15 is 0 Å². The highest BCUT2D eigenvalue weighted by atomic mass is 32.1. The summed E-state index contributed by atoms with van der Waals surface area (Å²) in [7, 11) is 0. The Morgan fingerprint density at radius 2 is 2.00 bits per heavy atom. The molecular formula is C18H22N6OS. The fraction of sp³-hybridized carbons (Fsp3) is 0.333. The summed E-state index contributed by atoms with van der Waals surface area (Å²) < 4.78 is 7.68. The zero-order valence-electron chi connectivity index (χ0n) is 14.9. The van der Waals surface area contributed by atoms with E-state index in [9.17, 15) is 0 Å². The molecule has 0 fully saturated rings. The number of aromatic amines is 2. The maximum Gasteiger partial charge on any atom is 0.216 e. The molecule has 3 aromatic rings. The fourth-order valence-electron chi connectivity index (χ4n) is 2.41. The largest absolute Gasteiger partial charge is 0.494 e. The van der Waals surface area contributed by atoms with Gasteiger partial charge in [-0.25, -0.2) is 5.10 Å². The minimum absolute atomic E-state index is 0.410. The molecule has 7 nitrogen and oxygen atoms in total. The van der Waals surface area contributed by atoms with Crippen LogP contribution in [-0.4, -0.2) is 37.9 Å². The summed E-state index contributed by atoms with van der Waals surface area (Å²) in [5, 5.41) is 18.5. The number of H-pyrrole nitrogens is 2. The third-order valence-electron chi connectivity index (χ3n) is 3.80. The number of aryl methyl sites for hydroxylation is 1. The van der Waals surface area contributed by atoms with Gasteiger partial charge in [-0.2, -0.15) is 20.0 Å². The maximum atomic E-state index is 5.72. The van der Waals surface area contributed by atoms with E-state index in [2.05, 4.69) is 32.4 Å². The third kappa shape index (κ3) is 4.45. The Morgan fingerprint density at radius 1 is 1.19 bits per heavy atom. The summed E-state index contributed by atoms with van der Waals surface area (Å²) in [4.78, 5) is 0. The van der Waals surface area contributed by atoms with Crippen molar-refractivity contribution < 1.29 is 4.74 Å². The number of unbranched alkanes of at least 4 members (excludes halogenated alkanes) is 2. The van der Waals surface area contributed by atoms with E-state index in [1.54, 1.807) is 10.9 Å². The van der Waals surface area contributed by atoms with Gasteiger partial charge in [-0.15, -0.1) is 0 Å². The van der Waals surface area contributed by atoms with Gasteiger partial charge in [-0.1, -0.05) is 19.8 Å². The molecule has 0 bridgehead atoms. The van der Waals surface area contributed by atoms with Crippen LogP contribution in [0.15, 0.2) is 35.4 Å². The maximum absolute atomic E-state index is 5.72. The molecule has 0 spiro atoms. The van der Waals surface area contributed by atoms with Crippen LogP contribution in [0.5, 0.6) is 5.75 Å². The van der Waals surface area contributed by atoms with Crippen molar-refractivity contribution in [3.8, 4) is 17.3 Å². The van der Waals surface area contributed by atoms with Crippen molar-refractivity contribution in [1.29, 1.82) is 0 Å². The van der Waals surface area contributed by atoms with Crippen LogP contribution in [0.4, 0.5) is 0 Å². The lowest BCUT2D eigenvalue weighted by atomic mass is 10.2. The molecule has 2 heterocycles. The molecule has 8 heteroatoms. The first-order valence-electron chi connectivity index (χ1n) is 8.64. The number of aromatic nitrogens is 5. The summed E-state index contributed by atoms with van der Waals surface area (Å²) in [5.41, 5.74) is 2.57. The predicted octanol–water partition coefficient (Wildman–Crippen LogP) is 4.09. The summed E-state index contributed by atoms with van der Waals surface area (Å²) >= 11 is 5.26. The van der Waals surface area contributed by atoms with Crippen LogP contribution in [0, 0.1) is 11.7 Å². The van der Waals surface area contributed by atoms with Crippen molar-refractivity contribution in [2.24, 2.45) is 5.10 Å². The van der Waals surface area contributed by atoms with E-state index in [0.717, 1.165) is 30.0 Å². The second kappa shape index (κ2) is 8.57. The fourth-order valence-corrected chi connectivity index (χ4v) is 2.59. The van der Waals surface area contributed by atoms with Gasteiger partial charge in [-0.05, 0) is 61.5 Å². The molecule has 26 heavy (non-hydrogen) atoms. The first-order chi connectivity index (χ1) is 12.7. The summed E-state index contributed by atoms with van der Waals surface area (Å²) in [6.07, 6.45) is 5.19. The lowest BCUT2D eigenvalue weighted by Gasteiger charge is -2.05. The van der Waals surface area contributed by atoms with Crippen LogP contribution in [0.2, 0.25) is 0 Å². The average Bonchev–Trinajstić information content (AvgIpc) is 3.23. The first kappa shape index (κ1) is 18.1. The average molecular weight is 370 g/mol. The number of benzene rings is 1. The smallest absolute Gasteiger partial charge is 0.216 e. The number of nitrogens with zero attached hydrogens (tertiary/aromatic N) is 4. The van der Waals surface area contributed by atoms with E-state index in [-0.39, 0.29) is 0 Å². The molecule has 3 rings (SSSR count). The van der Waals surface area contributed by atoms with E-state index < -0.39 is 0 Å². The summed E-state index contributed by atoms with van der Waals surface area (Å²) in [6, 6.07) is 9.70. The molecule has 0 saturated carbocycles. The Morgan fingerprint density at radius 3 is 2.69 bits per heavy atom. The Kier molecular flexibility index (Phi) is 5.96. The van der Waals surface area contributed by atoms with Crippen LogP contribution in [0.25, 0.3) is 11.5 Å². The van der Waals surface area contributed by atoms with Crippen LogP contribution < -0.4 is 4.74 Å². The Bertz CT molecular complexity index is 922. The van der Waals surface area contributed by atoms with Crippen molar-refractivity contribution in [3.05, 3.63) is 46.4 Å². The van der Waals surface area contributed by atoms with Crippen molar-refractivity contribution >= 4 is 18.4 Å². The zero-order valence-corrected chi connectivity index (χ0v) is 15.7. The molecule has 2 aromatic heterocycles. The highest BCUT2D eigenvalue weighted by Gasteiger charge is 2.10. The molecule has 0 amide bonds. The van der Waals surface area contributed by atoms with Gasteiger partial charge in [0.1, 0.15) is 11.4 Å². The van der Waals surface area contributed by atoms with E-state index in [4.69, 9.17) is 17.0 Å². The molecule has 2 N–H and O–H groups in total. The summed E-state index contributed by atoms with van der Waals surface area (Å²) in [6.45, 7) is 4.86. The van der Waals surface area contributed by atoms with Crippen molar-refractivity contribution in [1.82, 2.24) is 25.1 Å². The van der Waals surface area contributed by atoms with Gasteiger partial charge in [0, 0.05) is 5.69 Å². The number of rotatable bonds is 8. The van der Waals surface area contributed by atoms with E-state index in [1.807, 2.05) is 37.3 Å². The van der Waals surface area contributed by atoms with Gasteiger partial charge in [0.15, 0.2) is 0 Å². The number of hydrogen-bond acceptors (Lipinski definition) is 5. The molecule has 0 saturated heterocycles. The van der Waals surface area contributed by atoms with Gasteiger partial charge in [0.25, 0.3) is 0 Å². The SMILES string of the molecule is CCCCCOc1ccc(/C=N\n2c(-c3cc(C)[nH]n3)n[nH]c2=S)cc1. The molecule has 0 unspecified atom stereocenters. The topological polar surface area (TPSA) is 83.9 Å². The van der Waals surface area contributed by atoms with Crippen LogP contribution in [-0.2, 0) is 0 Å². The molecule has 0 aliphatic heterocycles. The molecule has 1 aromatic carbocycles. The van der Waals surface area contributed by atoms with Crippen molar-refractivity contribution in [3.63, 3.8) is 0 Å². The van der Waals surface area contributed by atoms with E-state index in [1.165, 1.54) is 12.8 Å². The number of hydrogen-bond donors (Lipinski definition) is 2. The normalized spacial score (nSPS) is 11.3. The first-order valence-corrected chi connectivity index (χ1v) is 9.05. The molecular weight excluding hydrogens is 348 g/mol. The van der Waals surface area contributed by atoms with Gasteiger partial charge in [0.05, 0.1) is 12.8 Å². The van der Waals surface area contributed by atoms with Gasteiger partial charge in [-0.3, -0.25) is 5.10 Å². The minimum Gasteiger partial charge on any atom is -0.494 e. The standard InChI is InChI=1S/C18H22N6OS/c1-3-4-5-10-25-15-8-6-14(7-9-15)12-19-24-17(22-23-18(24)26)16-11-13(2)20-21-16/h6-9,11-12H,3-5,10H2,1-2H3,(H,20,21)(H,23,26)/b19-12-. The lowest BCUT2D eigenvalue weighted by Crippen LogP contribution is -1.97. The number of nitrogens with one attached hydrogen (secondary N) is 2. The molecule has 0 aliphatic carbocycles.